The SMILES string of the molecule is CCOC(=O)C1CCN(C(=NCc2ccc([N+](=O)[O-])cc2)NCCc2cccs2)CC1.I. The Labute approximate surface area is 209 Å². The first-order valence-corrected chi connectivity index (χ1v) is 11.4. The molecule has 0 radical (unpaired) electrons. The number of carbonyl (C=O) groups excluding carboxylic acids is 1. The lowest BCUT2D eigenvalue weighted by Gasteiger charge is -2.33. The van der Waals surface area contributed by atoms with Gasteiger partial charge in [-0.2, -0.15) is 0 Å². The van der Waals surface area contributed by atoms with Crippen LogP contribution in [0.15, 0.2) is 46.8 Å². The lowest BCUT2D eigenvalue weighted by atomic mass is 9.97. The summed E-state index contributed by atoms with van der Waals surface area (Å²) >= 11 is 1.73. The summed E-state index contributed by atoms with van der Waals surface area (Å²) in [4.78, 5) is 30.7. The number of nitrogens with zero attached hydrogens (tertiary/aromatic N) is 3. The summed E-state index contributed by atoms with van der Waals surface area (Å²) in [7, 11) is 0. The van der Waals surface area contributed by atoms with Crippen molar-refractivity contribution < 1.29 is 14.5 Å². The summed E-state index contributed by atoms with van der Waals surface area (Å²) in [5, 5.41) is 16.4. The summed E-state index contributed by atoms with van der Waals surface area (Å²) in [6.45, 7) is 4.89. The smallest absolute Gasteiger partial charge is 0.309 e. The number of guanidine groups is 1. The Morgan fingerprint density at radius 1 is 1.28 bits per heavy atom. The second kappa shape index (κ2) is 13.4. The van der Waals surface area contributed by atoms with Crippen LogP contribution in [0.2, 0.25) is 0 Å². The minimum Gasteiger partial charge on any atom is -0.466 e. The molecule has 2 aromatic rings. The normalized spacial score (nSPS) is 14.5. The van der Waals surface area contributed by atoms with E-state index in [0.717, 1.165) is 50.4 Å². The van der Waals surface area contributed by atoms with Gasteiger partial charge in [0.15, 0.2) is 5.96 Å². The van der Waals surface area contributed by atoms with Crippen molar-refractivity contribution in [3.05, 3.63) is 62.3 Å². The molecule has 1 aromatic carbocycles. The fourth-order valence-electron chi connectivity index (χ4n) is 3.50. The number of nitro groups is 1. The number of ether oxygens (including phenoxy) is 1. The highest BCUT2D eigenvalue weighted by Crippen LogP contribution is 2.19. The monoisotopic (exact) mass is 572 g/mol. The number of aliphatic imine (C=N–C) groups is 1. The Morgan fingerprint density at radius 2 is 2.00 bits per heavy atom. The van der Waals surface area contributed by atoms with Crippen molar-refractivity contribution >= 4 is 52.9 Å². The molecule has 0 spiro atoms. The predicted molar refractivity (Wildman–Crippen MR) is 137 cm³/mol. The number of hydrogen-bond donors (Lipinski definition) is 1. The van der Waals surface area contributed by atoms with Crippen LogP contribution in [0.5, 0.6) is 0 Å². The molecule has 1 fully saturated rings. The van der Waals surface area contributed by atoms with E-state index >= 15 is 0 Å². The van der Waals surface area contributed by atoms with Gasteiger partial charge in [0.1, 0.15) is 0 Å². The zero-order chi connectivity index (χ0) is 22.1. The van der Waals surface area contributed by atoms with Crippen LogP contribution >= 0.6 is 35.3 Å². The predicted octanol–water partition coefficient (Wildman–Crippen LogP) is 4.24. The number of hydrogen-bond acceptors (Lipinski definition) is 6. The molecule has 1 aromatic heterocycles. The van der Waals surface area contributed by atoms with Crippen LogP contribution in [-0.2, 0) is 22.5 Å². The zero-order valence-electron chi connectivity index (χ0n) is 18.1. The molecule has 3 rings (SSSR count). The van der Waals surface area contributed by atoms with Crippen LogP contribution in [-0.4, -0.2) is 48.0 Å². The van der Waals surface area contributed by atoms with Crippen LogP contribution < -0.4 is 5.32 Å². The zero-order valence-corrected chi connectivity index (χ0v) is 21.2. The fourth-order valence-corrected chi connectivity index (χ4v) is 4.21. The van der Waals surface area contributed by atoms with E-state index in [1.54, 1.807) is 23.5 Å². The average molecular weight is 572 g/mol. The molecule has 0 bridgehead atoms. The van der Waals surface area contributed by atoms with Crippen LogP contribution in [0.25, 0.3) is 0 Å². The van der Waals surface area contributed by atoms with Gasteiger partial charge in [-0.05, 0) is 43.2 Å². The van der Waals surface area contributed by atoms with Gasteiger partial charge in [-0.25, -0.2) is 4.99 Å². The molecule has 0 amide bonds. The van der Waals surface area contributed by atoms with Gasteiger partial charge in [-0.1, -0.05) is 18.2 Å². The van der Waals surface area contributed by atoms with Gasteiger partial charge in [-0.15, -0.1) is 35.3 Å². The number of esters is 1. The van der Waals surface area contributed by atoms with Gasteiger partial charge in [-0.3, -0.25) is 14.9 Å². The molecule has 8 nitrogen and oxygen atoms in total. The Hall–Kier alpha value is -2.21. The summed E-state index contributed by atoms with van der Waals surface area (Å²) in [5.41, 5.74) is 0.979. The van der Waals surface area contributed by atoms with Gasteiger partial charge in [0.05, 0.1) is 24.0 Å². The molecule has 0 atom stereocenters. The summed E-state index contributed by atoms with van der Waals surface area (Å²) in [5.74, 6) is 0.632. The first-order valence-electron chi connectivity index (χ1n) is 10.5. The molecule has 2 heterocycles. The van der Waals surface area contributed by atoms with E-state index in [4.69, 9.17) is 9.73 Å². The number of non-ortho nitro benzene ring substituents is 1. The second-order valence-corrected chi connectivity index (χ2v) is 8.37. The van der Waals surface area contributed by atoms with E-state index < -0.39 is 4.92 Å². The second-order valence-electron chi connectivity index (χ2n) is 7.33. The number of nitro benzene ring substituents is 1. The van der Waals surface area contributed by atoms with E-state index in [1.807, 2.05) is 13.0 Å². The van der Waals surface area contributed by atoms with E-state index in [1.165, 1.54) is 17.0 Å². The van der Waals surface area contributed by atoms with Gasteiger partial charge in [0.25, 0.3) is 5.69 Å². The quantitative estimate of drug-likeness (QED) is 0.127. The lowest BCUT2D eigenvalue weighted by Crippen LogP contribution is -2.47. The molecule has 1 saturated heterocycles. The fraction of sp³-hybridized carbons (Fsp3) is 0.455. The Morgan fingerprint density at radius 3 is 2.59 bits per heavy atom. The maximum Gasteiger partial charge on any atom is 0.309 e. The lowest BCUT2D eigenvalue weighted by molar-refractivity contribution is -0.384. The molecular formula is C22H29IN4O4S. The molecule has 32 heavy (non-hydrogen) atoms. The summed E-state index contributed by atoms with van der Waals surface area (Å²) in [6, 6.07) is 10.6. The average Bonchev–Trinajstić information content (AvgIpc) is 3.30. The van der Waals surface area contributed by atoms with E-state index in [0.29, 0.717) is 13.2 Å². The third-order valence-electron chi connectivity index (χ3n) is 5.21. The van der Waals surface area contributed by atoms with Crippen molar-refractivity contribution in [3.63, 3.8) is 0 Å². The van der Waals surface area contributed by atoms with Crippen LogP contribution in [0.4, 0.5) is 5.69 Å². The molecule has 0 saturated carbocycles. The van der Waals surface area contributed by atoms with E-state index in [2.05, 4.69) is 21.7 Å². The third-order valence-corrected chi connectivity index (χ3v) is 6.14. The topological polar surface area (TPSA) is 97.1 Å². The van der Waals surface area contributed by atoms with Crippen molar-refractivity contribution in [3.8, 4) is 0 Å². The molecule has 0 aliphatic carbocycles. The molecule has 174 valence electrons. The summed E-state index contributed by atoms with van der Waals surface area (Å²) < 4.78 is 5.16. The van der Waals surface area contributed by atoms with Crippen LogP contribution in [0.3, 0.4) is 0 Å². The number of likely N-dealkylation sites (tertiary alicyclic amines) is 1. The van der Waals surface area contributed by atoms with Crippen molar-refractivity contribution in [2.24, 2.45) is 10.9 Å². The molecule has 1 N–H and O–H groups in total. The molecule has 1 aliphatic heterocycles. The molecule has 10 heteroatoms. The number of benzene rings is 1. The van der Waals surface area contributed by atoms with Crippen LogP contribution in [0, 0.1) is 16.0 Å². The number of nitrogens with one attached hydrogen (secondary N) is 1. The maximum absolute atomic E-state index is 12.0. The Kier molecular flexibility index (Phi) is 10.9. The van der Waals surface area contributed by atoms with Gasteiger partial charge in [0.2, 0.25) is 0 Å². The van der Waals surface area contributed by atoms with Gasteiger partial charge >= 0.3 is 5.97 Å². The van der Waals surface area contributed by atoms with Crippen molar-refractivity contribution in [1.29, 1.82) is 0 Å². The highest BCUT2D eigenvalue weighted by Gasteiger charge is 2.27. The van der Waals surface area contributed by atoms with Gasteiger partial charge < -0.3 is 15.0 Å². The maximum atomic E-state index is 12.0. The minimum atomic E-state index is -0.404. The number of rotatable bonds is 8. The van der Waals surface area contributed by atoms with E-state index in [-0.39, 0.29) is 41.6 Å². The number of halogens is 1. The van der Waals surface area contributed by atoms with Crippen molar-refractivity contribution in [2.45, 2.75) is 32.7 Å². The number of piperidine rings is 1. The molecule has 0 unspecified atom stereocenters. The van der Waals surface area contributed by atoms with Crippen LogP contribution in [0.1, 0.15) is 30.2 Å². The third kappa shape index (κ3) is 7.73. The summed E-state index contributed by atoms with van der Waals surface area (Å²) in [6.07, 6.45) is 2.39. The number of thiophene rings is 1. The van der Waals surface area contributed by atoms with E-state index in [9.17, 15) is 14.9 Å². The largest absolute Gasteiger partial charge is 0.466 e. The standard InChI is InChI=1S/C22H28N4O4S.HI/c1-2-30-21(27)18-10-13-25(14-11-18)22(23-12-9-20-4-3-15-31-20)24-16-17-5-7-19(8-6-17)26(28)29;/h3-8,15,18H,2,9-14,16H2,1H3,(H,23,24);1H. The van der Waals surface area contributed by atoms with Crippen molar-refractivity contribution in [1.82, 2.24) is 10.2 Å². The molecular weight excluding hydrogens is 543 g/mol. The minimum absolute atomic E-state index is 0. The first kappa shape index (κ1) is 26.0. The highest BCUT2D eigenvalue weighted by molar-refractivity contribution is 14.0. The Bertz CT molecular complexity index is 882. The molecule has 1 aliphatic rings. The van der Waals surface area contributed by atoms with Gasteiger partial charge in [0, 0.05) is 36.6 Å². The van der Waals surface area contributed by atoms with Crippen molar-refractivity contribution in [2.75, 3.05) is 26.2 Å². The highest BCUT2D eigenvalue weighted by atomic mass is 127. The number of carbonyl (C=O) groups is 1. The first-order chi connectivity index (χ1) is 15.1. The Balaban J connectivity index is 0.00000363.